The smallest absolute Gasteiger partial charge is 0.349 e. The summed E-state index contributed by atoms with van der Waals surface area (Å²) >= 11 is 1.29. The standard InChI is InChI=1S/C21H16N2O4S/c1-12-9-13(7-8-17(12)26-2)16-11-28-21(22-16)23-19(24)15-10-14-5-3-4-6-18(14)27-20(15)25/h3-11H,1-2H3,(H,22,23,24). The number of fused-ring (bicyclic) bond motifs is 1. The first-order valence-electron chi connectivity index (χ1n) is 8.50. The number of ether oxygens (including phenoxy) is 1. The van der Waals surface area contributed by atoms with Gasteiger partial charge in [0.25, 0.3) is 5.91 Å². The molecular weight excluding hydrogens is 376 g/mol. The van der Waals surface area contributed by atoms with Crippen LogP contribution < -0.4 is 15.7 Å². The average Bonchev–Trinajstić information content (AvgIpc) is 3.15. The molecule has 0 saturated carbocycles. The van der Waals surface area contributed by atoms with Crippen LogP contribution in [-0.4, -0.2) is 18.0 Å². The van der Waals surface area contributed by atoms with E-state index in [2.05, 4.69) is 10.3 Å². The van der Waals surface area contributed by atoms with Gasteiger partial charge in [-0.3, -0.25) is 10.1 Å². The summed E-state index contributed by atoms with van der Waals surface area (Å²) in [6, 6.07) is 14.3. The molecule has 28 heavy (non-hydrogen) atoms. The molecule has 0 bridgehead atoms. The Bertz CT molecular complexity index is 1240. The Kier molecular flexibility index (Phi) is 4.67. The highest BCUT2D eigenvalue weighted by atomic mass is 32.1. The fraction of sp³-hybridized carbons (Fsp3) is 0.0952. The van der Waals surface area contributed by atoms with Gasteiger partial charge in [-0.1, -0.05) is 18.2 Å². The Hall–Kier alpha value is -3.45. The van der Waals surface area contributed by atoms with Crippen LogP contribution in [0.2, 0.25) is 0 Å². The number of rotatable bonds is 4. The number of amides is 1. The lowest BCUT2D eigenvalue weighted by Crippen LogP contribution is -2.20. The summed E-state index contributed by atoms with van der Waals surface area (Å²) < 4.78 is 10.5. The minimum absolute atomic E-state index is 0.0595. The number of nitrogens with zero attached hydrogens (tertiary/aromatic N) is 1. The lowest BCUT2D eigenvalue weighted by atomic mass is 10.1. The second-order valence-electron chi connectivity index (χ2n) is 6.16. The van der Waals surface area contributed by atoms with E-state index in [4.69, 9.17) is 9.15 Å². The monoisotopic (exact) mass is 392 g/mol. The van der Waals surface area contributed by atoms with Crippen molar-refractivity contribution in [1.29, 1.82) is 0 Å². The van der Waals surface area contributed by atoms with Gasteiger partial charge in [0.15, 0.2) is 5.13 Å². The average molecular weight is 392 g/mol. The highest BCUT2D eigenvalue weighted by Gasteiger charge is 2.16. The summed E-state index contributed by atoms with van der Waals surface area (Å²) in [6.07, 6.45) is 0. The number of thiazole rings is 1. The molecule has 1 N–H and O–H groups in total. The fourth-order valence-corrected chi connectivity index (χ4v) is 3.60. The third-order valence-electron chi connectivity index (χ3n) is 4.30. The van der Waals surface area contributed by atoms with Crippen LogP contribution in [0.25, 0.3) is 22.2 Å². The van der Waals surface area contributed by atoms with Gasteiger partial charge in [-0.2, -0.15) is 0 Å². The summed E-state index contributed by atoms with van der Waals surface area (Å²) in [7, 11) is 1.63. The van der Waals surface area contributed by atoms with Gasteiger partial charge in [-0.25, -0.2) is 9.78 Å². The van der Waals surface area contributed by atoms with Crippen molar-refractivity contribution in [2.75, 3.05) is 12.4 Å². The van der Waals surface area contributed by atoms with Crippen molar-refractivity contribution in [3.05, 3.63) is 75.5 Å². The van der Waals surface area contributed by atoms with E-state index in [-0.39, 0.29) is 5.56 Å². The van der Waals surface area contributed by atoms with E-state index < -0.39 is 11.5 Å². The Balaban J connectivity index is 1.59. The predicted octanol–water partition coefficient (Wildman–Crippen LogP) is 4.49. The maximum atomic E-state index is 12.5. The predicted molar refractivity (Wildman–Crippen MR) is 109 cm³/mol. The summed E-state index contributed by atoms with van der Waals surface area (Å²) in [6.45, 7) is 1.95. The molecule has 1 amide bonds. The molecule has 140 valence electrons. The molecule has 2 heterocycles. The highest BCUT2D eigenvalue weighted by Crippen LogP contribution is 2.29. The zero-order chi connectivity index (χ0) is 19.7. The van der Waals surface area contributed by atoms with Crippen LogP contribution in [0, 0.1) is 6.92 Å². The first-order valence-corrected chi connectivity index (χ1v) is 9.38. The van der Waals surface area contributed by atoms with Gasteiger partial charge in [0.2, 0.25) is 0 Å². The second kappa shape index (κ2) is 7.28. The zero-order valence-electron chi connectivity index (χ0n) is 15.2. The first kappa shape index (κ1) is 17.9. The van der Waals surface area contributed by atoms with Crippen molar-refractivity contribution in [2.24, 2.45) is 0 Å². The maximum absolute atomic E-state index is 12.5. The fourth-order valence-electron chi connectivity index (χ4n) is 2.89. The molecule has 7 heteroatoms. The summed E-state index contributed by atoms with van der Waals surface area (Å²) in [5, 5.41) is 5.61. The molecule has 0 aliphatic carbocycles. The molecule has 0 unspecified atom stereocenters. The summed E-state index contributed by atoms with van der Waals surface area (Å²) in [4.78, 5) is 29.1. The van der Waals surface area contributed by atoms with Crippen molar-refractivity contribution in [3.8, 4) is 17.0 Å². The first-order chi connectivity index (χ1) is 13.5. The number of para-hydroxylation sites is 1. The van der Waals surface area contributed by atoms with Gasteiger partial charge in [-0.15, -0.1) is 11.3 Å². The minimum atomic E-state index is -0.682. The Morgan fingerprint density at radius 3 is 2.79 bits per heavy atom. The molecule has 0 aliphatic rings. The van der Waals surface area contributed by atoms with Crippen LogP contribution in [0.1, 0.15) is 15.9 Å². The Morgan fingerprint density at radius 2 is 2.00 bits per heavy atom. The number of nitrogens with one attached hydrogen (secondary N) is 1. The molecule has 2 aromatic carbocycles. The number of hydrogen-bond acceptors (Lipinski definition) is 6. The molecule has 6 nitrogen and oxygen atoms in total. The van der Waals surface area contributed by atoms with Gasteiger partial charge >= 0.3 is 5.63 Å². The maximum Gasteiger partial charge on any atom is 0.349 e. The molecule has 0 radical (unpaired) electrons. The summed E-state index contributed by atoms with van der Waals surface area (Å²) in [5.74, 6) is 0.252. The van der Waals surface area contributed by atoms with E-state index in [1.807, 2.05) is 36.6 Å². The number of benzene rings is 2. The number of aryl methyl sites for hydroxylation is 1. The Morgan fingerprint density at radius 1 is 1.18 bits per heavy atom. The van der Waals surface area contributed by atoms with Crippen molar-refractivity contribution < 1.29 is 13.9 Å². The van der Waals surface area contributed by atoms with E-state index >= 15 is 0 Å². The van der Waals surface area contributed by atoms with Crippen molar-refractivity contribution in [2.45, 2.75) is 6.92 Å². The third-order valence-corrected chi connectivity index (χ3v) is 5.06. The molecule has 0 fully saturated rings. The molecular formula is C21H16N2O4S. The van der Waals surface area contributed by atoms with Gasteiger partial charge < -0.3 is 9.15 Å². The lowest BCUT2D eigenvalue weighted by Gasteiger charge is -2.05. The largest absolute Gasteiger partial charge is 0.496 e. The van der Waals surface area contributed by atoms with Crippen LogP contribution in [0.4, 0.5) is 5.13 Å². The van der Waals surface area contributed by atoms with Gasteiger partial charge in [-0.05, 0) is 42.8 Å². The molecule has 4 rings (SSSR count). The highest BCUT2D eigenvalue weighted by molar-refractivity contribution is 7.14. The van der Waals surface area contributed by atoms with E-state index in [0.717, 1.165) is 22.6 Å². The normalized spacial score (nSPS) is 10.8. The third kappa shape index (κ3) is 3.39. The molecule has 4 aromatic rings. The number of aromatic nitrogens is 1. The summed E-state index contributed by atoms with van der Waals surface area (Å²) in [5.41, 5.74) is 2.34. The molecule has 0 spiro atoms. The number of hydrogen-bond donors (Lipinski definition) is 1. The number of methoxy groups -OCH3 is 1. The zero-order valence-corrected chi connectivity index (χ0v) is 16.0. The van der Waals surface area contributed by atoms with E-state index in [0.29, 0.717) is 16.1 Å². The molecule has 0 aliphatic heterocycles. The quantitative estimate of drug-likeness (QED) is 0.518. The van der Waals surface area contributed by atoms with Crippen LogP contribution >= 0.6 is 11.3 Å². The van der Waals surface area contributed by atoms with Gasteiger partial charge in [0.1, 0.15) is 16.9 Å². The van der Waals surface area contributed by atoms with Crippen molar-refractivity contribution in [3.63, 3.8) is 0 Å². The van der Waals surface area contributed by atoms with Gasteiger partial charge in [0, 0.05) is 16.3 Å². The van der Waals surface area contributed by atoms with Crippen LogP contribution in [0.15, 0.2) is 63.1 Å². The molecule has 0 atom stereocenters. The number of carbonyl (C=O) groups is 1. The second-order valence-corrected chi connectivity index (χ2v) is 7.02. The number of anilines is 1. The lowest BCUT2D eigenvalue weighted by molar-refractivity contribution is 0.102. The topological polar surface area (TPSA) is 81.4 Å². The number of carbonyl (C=O) groups excluding carboxylic acids is 1. The van der Waals surface area contributed by atoms with Gasteiger partial charge in [0.05, 0.1) is 12.8 Å². The molecule has 2 aromatic heterocycles. The van der Waals surface area contributed by atoms with E-state index in [1.54, 1.807) is 25.3 Å². The SMILES string of the molecule is COc1ccc(-c2csc(NC(=O)c3cc4ccccc4oc3=O)n2)cc1C. The van der Waals surface area contributed by atoms with E-state index in [9.17, 15) is 9.59 Å². The van der Waals surface area contributed by atoms with Crippen LogP contribution in [-0.2, 0) is 0 Å². The van der Waals surface area contributed by atoms with Crippen LogP contribution in [0.3, 0.4) is 0 Å². The van der Waals surface area contributed by atoms with Crippen molar-refractivity contribution >= 4 is 33.3 Å². The van der Waals surface area contributed by atoms with Crippen LogP contribution in [0.5, 0.6) is 5.75 Å². The van der Waals surface area contributed by atoms with E-state index in [1.165, 1.54) is 17.4 Å². The molecule has 0 saturated heterocycles. The van der Waals surface area contributed by atoms with Crippen molar-refractivity contribution in [1.82, 2.24) is 4.98 Å². The Labute approximate surface area is 164 Å². The minimum Gasteiger partial charge on any atom is -0.496 e.